The van der Waals surface area contributed by atoms with Crippen LogP contribution in [-0.4, -0.2) is 38.9 Å². The number of thioether (sulfide) groups is 1. The quantitative estimate of drug-likeness (QED) is 0.373. The third-order valence-electron chi connectivity index (χ3n) is 4.83. The molecule has 160 valence electrons. The molecule has 31 heavy (non-hydrogen) atoms. The van der Waals surface area contributed by atoms with Gasteiger partial charge in [0.15, 0.2) is 17.6 Å². The van der Waals surface area contributed by atoms with Crippen LogP contribution < -0.4 is 15.0 Å². The number of aromatic nitrogens is 3. The van der Waals surface area contributed by atoms with Crippen LogP contribution in [0, 0.1) is 3.57 Å². The van der Waals surface area contributed by atoms with E-state index in [-0.39, 0.29) is 30.2 Å². The van der Waals surface area contributed by atoms with E-state index in [4.69, 9.17) is 4.74 Å². The summed E-state index contributed by atoms with van der Waals surface area (Å²) in [5.41, 5.74) is 1.46. The van der Waals surface area contributed by atoms with Crippen LogP contribution in [-0.2, 0) is 16.6 Å². The van der Waals surface area contributed by atoms with Crippen LogP contribution in [0.4, 0.5) is 11.4 Å². The molecule has 0 fully saturated rings. The minimum atomic E-state index is -0.343. The van der Waals surface area contributed by atoms with Crippen LogP contribution >= 0.6 is 34.4 Å². The van der Waals surface area contributed by atoms with Crippen molar-refractivity contribution in [3.63, 3.8) is 0 Å². The highest BCUT2D eigenvalue weighted by Gasteiger charge is 2.32. The summed E-state index contributed by atoms with van der Waals surface area (Å²) < 4.78 is 8.45. The van der Waals surface area contributed by atoms with Gasteiger partial charge in [-0.1, -0.05) is 23.9 Å². The Morgan fingerprint density at radius 3 is 2.74 bits per heavy atom. The number of carbonyl (C=O) groups excluding carboxylic acids is 2. The Kier molecular flexibility index (Phi) is 6.46. The van der Waals surface area contributed by atoms with E-state index in [0.29, 0.717) is 22.4 Å². The molecule has 10 heteroatoms. The summed E-state index contributed by atoms with van der Waals surface area (Å²) >= 11 is 3.51. The number of amides is 2. The van der Waals surface area contributed by atoms with E-state index in [2.05, 4.69) is 38.1 Å². The fourth-order valence-electron chi connectivity index (χ4n) is 3.34. The summed E-state index contributed by atoms with van der Waals surface area (Å²) in [5.74, 6) is 1.23. The number of ether oxygens (including phenoxy) is 1. The van der Waals surface area contributed by atoms with E-state index in [0.717, 1.165) is 9.26 Å². The molecule has 1 N–H and O–H groups in total. The molecule has 0 aliphatic carbocycles. The first kappa shape index (κ1) is 21.6. The Labute approximate surface area is 197 Å². The molecule has 1 aromatic heterocycles. The number of rotatable bonds is 6. The highest BCUT2D eigenvalue weighted by atomic mass is 127. The van der Waals surface area contributed by atoms with Crippen LogP contribution in [0.1, 0.15) is 18.8 Å². The molecule has 1 unspecified atom stereocenters. The molecule has 2 heterocycles. The van der Waals surface area contributed by atoms with Crippen LogP contribution in [0.5, 0.6) is 5.75 Å². The Bertz CT molecular complexity index is 1120. The van der Waals surface area contributed by atoms with Gasteiger partial charge in [-0.3, -0.25) is 14.5 Å². The van der Waals surface area contributed by atoms with Gasteiger partial charge in [-0.2, -0.15) is 0 Å². The lowest BCUT2D eigenvalue weighted by Gasteiger charge is -2.33. The number of nitrogens with one attached hydrogen (secondary N) is 1. The number of hydrogen-bond donors (Lipinski definition) is 1. The summed E-state index contributed by atoms with van der Waals surface area (Å²) in [4.78, 5) is 26.6. The molecule has 2 amide bonds. The second-order valence-electron chi connectivity index (χ2n) is 6.94. The molecule has 0 spiro atoms. The molecule has 1 aliphatic rings. The summed E-state index contributed by atoms with van der Waals surface area (Å²) in [6.07, 6.45) is 0. The third-order valence-corrected chi connectivity index (χ3v) is 6.57. The maximum Gasteiger partial charge on any atom is 0.265 e. The lowest BCUT2D eigenvalue weighted by molar-refractivity contribution is -0.121. The molecule has 0 saturated heterocycles. The van der Waals surface area contributed by atoms with Gasteiger partial charge in [-0.05, 0) is 65.9 Å². The smallest absolute Gasteiger partial charge is 0.265 e. The van der Waals surface area contributed by atoms with E-state index in [1.807, 2.05) is 67.1 Å². The van der Waals surface area contributed by atoms with E-state index < -0.39 is 0 Å². The zero-order valence-corrected chi connectivity index (χ0v) is 19.9. The van der Waals surface area contributed by atoms with Crippen molar-refractivity contribution in [3.05, 3.63) is 57.9 Å². The minimum absolute atomic E-state index is 0.0144. The molecule has 0 radical (unpaired) electrons. The van der Waals surface area contributed by atoms with Crippen molar-refractivity contribution >= 4 is 57.5 Å². The number of carbonyl (C=O) groups is 2. The van der Waals surface area contributed by atoms with Crippen LogP contribution in [0.15, 0.2) is 53.7 Å². The van der Waals surface area contributed by atoms with Gasteiger partial charge in [-0.15, -0.1) is 10.2 Å². The van der Waals surface area contributed by atoms with Crippen molar-refractivity contribution in [3.8, 4) is 5.75 Å². The van der Waals surface area contributed by atoms with Crippen molar-refractivity contribution in [2.45, 2.75) is 18.1 Å². The van der Waals surface area contributed by atoms with Crippen molar-refractivity contribution in [2.75, 3.05) is 22.6 Å². The molecule has 1 atom stereocenters. The predicted molar refractivity (Wildman–Crippen MR) is 127 cm³/mol. The first-order valence-corrected chi connectivity index (χ1v) is 11.6. The van der Waals surface area contributed by atoms with Crippen molar-refractivity contribution in [1.82, 2.24) is 14.8 Å². The van der Waals surface area contributed by atoms with Gasteiger partial charge < -0.3 is 14.6 Å². The van der Waals surface area contributed by atoms with Gasteiger partial charge >= 0.3 is 0 Å². The van der Waals surface area contributed by atoms with Crippen LogP contribution in [0.3, 0.4) is 0 Å². The fourth-order valence-corrected chi connectivity index (χ4v) is 4.42. The highest BCUT2D eigenvalue weighted by molar-refractivity contribution is 14.1. The molecule has 3 aromatic rings. The summed E-state index contributed by atoms with van der Waals surface area (Å²) in [7, 11) is 1.84. The Hall–Kier alpha value is -2.60. The molecule has 0 saturated carbocycles. The number of anilines is 2. The van der Waals surface area contributed by atoms with Gasteiger partial charge in [0.1, 0.15) is 5.75 Å². The zero-order chi connectivity index (χ0) is 22.0. The lowest BCUT2D eigenvalue weighted by atomic mass is 10.1. The van der Waals surface area contributed by atoms with Crippen molar-refractivity contribution < 1.29 is 14.3 Å². The Morgan fingerprint density at radius 2 is 1.97 bits per heavy atom. The average Bonchev–Trinajstić information content (AvgIpc) is 3.14. The monoisotopic (exact) mass is 549 g/mol. The molecule has 2 aromatic carbocycles. The number of para-hydroxylation sites is 2. The van der Waals surface area contributed by atoms with Gasteiger partial charge in [0, 0.05) is 16.3 Å². The average molecular weight is 549 g/mol. The molecule has 0 bridgehead atoms. The second-order valence-corrected chi connectivity index (χ2v) is 9.13. The maximum absolute atomic E-state index is 12.6. The number of benzene rings is 2. The maximum atomic E-state index is 12.6. The summed E-state index contributed by atoms with van der Waals surface area (Å²) in [5, 5.41) is 12.0. The number of halogens is 1. The predicted octanol–water partition coefficient (Wildman–Crippen LogP) is 3.64. The first-order chi connectivity index (χ1) is 14.9. The summed E-state index contributed by atoms with van der Waals surface area (Å²) in [6, 6.07) is 14.7. The van der Waals surface area contributed by atoms with Gasteiger partial charge in [-0.25, -0.2) is 0 Å². The largest absolute Gasteiger partial charge is 0.482 e. The van der Waals surface area contributed by atoms with E-state index in [1.54, 1.807) is 4.90 Å². The molecule has 1 aliphatic heterocycles. The Balaban J connectivity index is 1.45. The first-order valence-electron chi connectivity index (χ1n) is 9.55. The standard InChI is InChI=1S/C21H20IN5O3S/c1-13(27-16-5-3-4-6-17(16)30-11-19(27)29)20-24-25-21(26(20)2)31-12-18(28)23-15-9-7-14(22)8-10-15/h3-10,13H,11-12H2,1-2H3,(H,23,28). The normalized spacial score (nSPS) is 14.0. The fraction of sp³-hybridized carbons (Fsp3) is 0.238. The van der Waals surface area contributed by atoms with E-state index in [9.17, 15) is 9.59 Å². The third kappa shape index (κ3) is 4.69. The van der Waals surface area contributed by atoms with Crippen molar-refractivity contribution in [1.29, 1.82) is 0 Å². The molecular formula is C21H20IN5O3S. The number of hydrogen-bond acceptors (Lipinski definition) is 6. The topological polar surface area (TPSA) is 89.4 Å². The second kappa shape index (κ2) is 9.27. The molecule has 4 rings (SSSR count). The SMILES string of the molecule is CC(c1nnc(SCC(=O)Nc2ccc(I)cc2)n1C)N1C(=O)COc2ccccc21. The van der Waals surface area contributed by atoms with Crippen LogP contribution in [0.2, 0.25) is 0 Å². The number of nitrogens with zero attached hydrogens (tertiary/aromatic N) is 4. The van der Waals surface area contributed by atoms with Gasteiger partial charge in [0.2, 0.25) is 5.91 Å². The molecule has 8 nitrogen and oxygen atoms in total. The number of fused-ring (bicyclic) bond motifs is 1. The van der Waals surface area contributed by atoms with Crippen molar-refractivity contribution in [2.24, 2.45) is 7.05 Å². The van der Waals surface area contributed by atoms with E-state index >= 15 is 0 Å². The summed E-state index contributed by atoms with van der Waals surface area (Å²) in [6.45, 7) is 1.89. The Morgan fingerprint density at radius 1 is 1.23 bits per heavy atom. The van der Waals surface area contributed by atoms with Gasteiger partial charge in [0.25, 0.3) is 5.91 Å². The minimum Gasteiger partial charge on any atom is -0.482 e. The zero-order valence-electron chi connectivity index (χ0n) is 16.9. The molecular weight excluding hydrogens is 529 g/mol. The van der Waals surface area contributed by atoms with E-state index in [1.165, 1.54) is 11.8 Å². The van der Waals surface area contributed by atoms with Gasteiger partial charge in [0.05, 0.1) is 17.5 Å². The highest BCUT2D eigenvalue weighted by Crippen LogP contribution is 2.37. The van der Waals surface area contributed by atoms with Crippen LogP contribution in [0.25, 0.3) is 0 Å². The lowest BCUT2D eigenvalue weighted by Crippen LogP contribution is -2.41.